The summed E-state index contributed by atoms with van der Waals surface area (Å²) in [7, 11) is 3.72. The Morgan fingerprint density at radius 1 is 1.15 bits per heavy atom. The second kappa shape index (κ2) is 10.1. The van der Waals surface area contributed by atoms with Gasteiger partial charge in [0.05, 0.1) is 18.2 Å². The van der Waals surface area contributed by atoms with Crippen molar-refractivity contribution in [3.8, 4) is 11.5 Å². The maximum absolute atomic E-state index is 13.1. The molecule has 2 amide bonds. The van der Waals surface area contributed by atoms with Crippen molar-refractivity contribution in [2.75, 3.05) is 18.9 Å². The average Bonchev–Trinajstić information content (AvgIpc) is 3.42. The Hall–Kier alpha value is -3.60. The molecule has 10 nitrogen and oxygen atoms in total. The number of nitrogens with zero attached hydrogens (tertiary/aromatic N) is 6. The van der Waals surface area contributed by atoms with Crippen molar-refractivity contribution in [2.45, 2.75) is 25.0 Å². The van der Waals surface area contributed by atoms with Gasteiger partial charge in [0.1, 0.15) is 5.69 Å². The van der Waals surface area contributed by atoms with Crippen LogP contribution in [0.2, 0.25) is 0 Å². The topological polar surface area (TPSA) is 107 Å². The van der Waals surface area contributed by atoms with Crippen LogP contribution in [-0.2, 0) is 23.6 Å². The highest BCUT2D eigenvalue weighted by Gasteiger charge is 2.37. The third kappa shape index (κ3) is 4.43. The first-order valence-electron chi connectivity index (χ1n) is 11.0. The number of esters is 1. The van der Waals surface area contributed by atoms with E-state index in [2.05, 4.69) is 20.6 Å². The second-order valence-corrected chi connectivity index (χ2v) is 8.55. The van der Waals surface area contributed by atoms with Crippen LogP contribution in [0.5, 0.6) is 0 Å². The van der Waals surface area contributed by atoms with Gasteiger partial charge >= 0.3 is 12.0 Å². The number of aryl methyl sites for hydroxylation is 1. The van der Waals surface area contributed by atoms with E-state index in [4.69, 9.17) is 4.74 Å². The van der Waals surface area contributed by atoms with Crippen LogP contribution in [-0.4, -0.2) is 60.3 Å². The molecule has 4 rings (SSSR count). The quantitative estimate of drug-likeness (QED) is 0.389. The predicted molar refractivity (Wildman–Crippen MR) is 128 cm³/mol. The van der Waals surface area contributed by atoms with Crippen LogP contribution in [0.15, 0.2) is 59.0 Å². The van der Waals surface area contributed by atoms with Gasteiger partial charge in [0.25, 0.3) is 0 Å². The van der Waals surface area contributed by atoms with E-state index in [0.29, 0.717) is 34.5 Å². The van der Waals surface area contributed by atoms with Gasteiger partial charge < -0.3 is 14.6 Å². The molecule has 1 atom stereocenters. The van der Waals surface area contributed by atoms with E-state index in [9.17, 15) is 9.59 Å². The molecule has 0 radical (unpaired) electrons. The zero-order valence-corrected chi connectivity index (χ0v) is 20.4. The van der Waals surface area contributed by atoms with Crippen molar-refractivity contribution in [2.24, 2.45) is 14.1 Å². The molecule has 0 aliphatic carbocycles. The maximum Gasteiger partial charge on any atom is 0.338 e. The smallest absolute Gasteiger partial charge is 0.338 e. The van der Waals surface area contributed by atoms with Crippen LogP contribution in [0.4, 0.5) is 4.79 Å². The molecule has 3 heterocycles. The van der Waals surface area contributed by atoms with Gasteiger partial charge in [-0.15, -0.1) is 10.2 Å². The molecule has 3 aromatic rings. The van der Waals surface area contributed by atoms with Gasteiger partial charge in [-0.2, -0.15) is 5.10 Å². The van der Waals surface area contributed by atoms with Crippen molar-refractivity contribution >= 4 is 23.8 Å². The first-order valence-corrected chi connectivity index (χ1v) is 12.0. The Labute approximate surface area is 202 Å². The highest BCUT2D eigenvalue weighted by atomic mass is 32.2. The largest absolute Gasteiger partial charge is 0.463 e. The molecular weight excluding hydrogens is 454 g/mol. The fourth-order valence-corrected chi connectivity index (χ4v) is 4.88. The molecule has 0 saturated heterocycles. The molecule has 0 spiro atoms. The number of amides is 2. The van der Waals surface area contributed by atoms with E-state index >= 15 is 0 Å². The van der Waals surface area contributed by atoms with Crippen LogP contribution in [0, 0.1) is 0 Å². The van der Waals surface area contributed by atoms with Crippen LogP contribution >= 0.6 is 11.8 Å². The summed E-state index contributed by atoms with van der Waals surface area (Å²) in [4.78, 5) is 27.7. The lowest BCUT2D eigenvalue weighted by Crippen LogP contribution is -2.49. The molecule has 0 saturated carbocycles. The molecular formula is C23H27N7O3S. The van der Waals surface area contributed by atoms with Gasteiger partial charge in [-0.1, -0.05) is 42.1 Å². The molecule has 1 aromatic carbocycles. The molecule has 34 heavy (non-hydrogen) atoms. The highest BCUT2D eigenvalue weighted by Crippen LogP contribution is 2.34. The minimum absolute atomic E-state index is 0.238. The number of ether oxygens (including phenoxy) is 1. The first-order chi connectivity index (χ1) is 16.5. The van der Waals surface area contributed by atoms with Crippen LogP contribution in [0.25, 0.3) is 11.5 Å². The standard InChI is InChI=1S/C23H27N7O3S/c1-5-30-17(14-34-23-27-26-20(28(23)3)16-12-13-24-29(16)4)18(21(31)33-6-2)19(25-22(30)32)15-10-8-7-9-11-15/h7-13,19H,5-6,14H2,1-4H3,(H,25,32)/t19-/m0/s1. The van der Waals surface area contributed by atoms with E-state index in [1.54, 1.807) is 22.7 Å². The number of nitrogens with one attached hydrogen (secondary N) is 1. The van der Waals surface area contributed by atoms with Crippen molar-refractivity contribution in [1.82, 2.24) is 34.8 Å². The summed E-state index contributed by atoms with van der Waals surface area (Å²) >= 11 is 1.41. The number of carbonyl (C=O) groups is 2. The number of hydrogen-bond donors (Lipinski definition) is 1. The van der Waals surface area contributed by atoms with E-state index in [1.807, 2.05) is 62.0 Å². The summed E-state index contributed by atoms with van der Waals surface area (Å²) in [5.74, 6) is 0.577. The number of hydrogen-bond acceptors (Lipinski definition) is 7. The Morgan fingerprint density at radius 2 is 1.91 bits per heavy atom. The normalized spacial score (nSPS) is 16.1. The summed E-state index contributed by atoms with van der Waals surface area (Å²) < 4.78 is 9.01. The Balaban J connectivity index is 1.72. The maximum atomic E-state index is 13.1. The summed E-state index contributed by atoms with van der Waals surface area (Å²) in [6.45, 7) is 4.29. The lowest BCUT2D eigenvalue weighted by Gasteiger charge is -2.36. The number of carbonyl (C=O) groups excluding carboxylic acids is 2. The lowest BCUT2D eigenvalue weighted by molar-refractivity contribution is -0.139. The predicted octanol–water partition coefficient (Wildman–Crippen LogP) is 2.91. The summed E-state index contributed by atoms with van der Waals surface area (Å²) in [6.07, 6.45) is 1.71. The van der Waals surface area contributed by atoms with Gasteiger partial charge in [-0.25, -0.2) is 9.59 Å². The fourth-order valence-electron chi connectivity index (χ4n) is 3.93. The number of benzene rings is 1. The van der Waals surface area contributed by atoms with Gasteiger partial charge in [0.15, 0.2) is 11.0 Å². The monoisotopic (exact) mass is 481 g/mol. The zero-order valence-electron chi connectivity index (χ0n) is 19.6. The van der Waals surface area contributed by atoms with E-state index in [1.165, 1.54) is 11.8 Å². The lowest BCUT2D eigenvalue weighted by atomic mass is 9.95. The molecule has 2 aromatic heterocycles. The molecule has 0 unspecified atom stereocenters. The van der Waals surface area contributed by atoms with Crippen molar-refractivity contribution in [3.63, 3.8) is 0 Å². The summed E-state index contributed by atoms with van der Waals surface area (Å²) in [5, 5.41) is 16.5. The third-order valence-electron chi connectivity index (χ3n) is 5.61. The van der Waals surface area contributed by atoms with Gasteiger partial charge in [-0.05, 0) is 25.5 Å². The molecule has 11 heteroatoms. The highest BCUT2D eigenvalue weighted by molar-refractivity contribution is 7.99. The van der Waals surface area contributed by atoms with E-state index in [-0.39, 0.29) is 12.6 Å². The van der Waals surface area contributed by atoms with Crippen molar-refractivity contribution in [1.29, 1.82) is 0 Å². The Kier molecular flexibility index (Phi) is 7.01. The van der Waals surface area contributed by atoms with Gasteiger partial charge in [0, 0.05) is 38.3 Å². The van der Waals surface area contributed by atoms with E-state index < -0.39 is 12.0 Å². The number of rotatable bonds is 8. The second-order valence-electron chi connectivity index (χ2n) is 7.61. The van der Waals surface area contributed by atoms with Gasteiger partial charge in [0.2, 0.25) is 0 Å². The molecule has 1 N–H and O–H groups in total. The van der Waals surface area contributed by atoms with Crippen LogP contribution in [0.3, 0.4) is 0 Å². The number of aromatic nitrogens is 5. The van der Waals surface area contributed by atoms with Crippen molar-refractivity contribution < 1.29 is 14.3 Å². The molecule has 0 bridgehead atoms. The van der Waals surface area contributed by atoms with Crippen molar-refractivity contribution in [3.05, 3.63) is 59.4 Å². The summed E-state index contributed by atoms with van der Waals surface area (Å²) in [5.41, 5.74) is 2.68. The summed E-state index contributed by atoms with van der Waals surface area (Å²) in [6, 6.07) is 10.4. The third-order valence-corrected chi connectivity index (χ3v) is 6.64. The van der Waals surface area contributed by atoms with Crippen LogP contribution < -0.4 is 5.32 Å². The molecule has 0 fully saturated rings. The number of thioether (sulfide) groups is 1. The average molecular weight is 482 g/mol. The minimum Gasteiger partial charge on any atom is -0.463 e. The zero-order chi connectivity index (χ0) is 24.2. The fraction of sp³-hybridized carbons (Fsp3) is 0.348. The van der Waals surface area contributed by atoms with E-state index in [0.717, 1.165) is 11.3 Å². The molecule has 1 aliphatic rings. The van der Waals surface area contributed by atoms with Gasteiger partial charge in [-0.3, -0.25) is 9.58 Å². The molecule has 178 valence electrons. The molecule has 1 aliphatic heterocycles. The minimum atomic E-state index is -0.601. The number of urea groups is 1. The Morgan fingerprint density at radius 3 is 2.56 bits per heavy atom. The Bertz CT molecular complexity index is 1220. The SMILES string of the molecule is CCOC(=O)C1=C(CSc2nnc(-c3ccnn3C)n2C)N(CC)C(=O)N[C@H]1c1ccccc1. The van der Waals surface area contributed by atoms with Crippen LogP contribution in [0.1, 0.15) is 25.5 Å². The first kappa shape index (κ1) is 23.6.